The molecule has 2 amide bonds. The summed E-state index contributed by atoms with van der Waals surface area (Å²) in [6.45, 7) is 2.03. The molecule has 8 heteroatoms. The Kier molecular flexibility index (Phi) is 7.13. The van der Waals surface area contributed by atoms with Crippen molar-refractivity contribution in [1.82, 2.24) is 4.98 Å². The van der Waals surface area contributed by atoms with Crippen LogP contribution < -0.4 is 4.90 Å². The summed E-state index contributed by atoms with van der Waals surface area (Å²) >= 11 is 0. The molecule has 2 N–H and O–H groups in total. The summed E-state index contributed by atoms with van der Waals surface area (Å²) in [5, 5.41) is 20.5. The SMILES string of the molecule is CC1=C2[C@@H](CC/C(=C/c3ccc(O)cc3)c3ccccn3)OB(O)C[C@@H]2[C@@H]2C(=O)N(c3ccccc3)C(=O)[C@@H]2C1. The second-order valence-corrected chi connectivity index (χ2v) is 10.9. The molecule has 0 saturated carbocycles. The van der Waals surface area contributed by atoms with E-state index in [4.69, 9.17) is 4.65 Å². The normalized spacial score (nSPS) is 24.8. The molecule has 6 rings (SSSR count). The lowest BCUT2D eigenvalue weighted by Crippen LogP contribution is -2.46. The summed E-state index contributed by atoms with van der Waals surface area (Å²) in [5.41, 5.74) is 5.49. The molecule has 202 valence electrons. The number of amides is 2. The number of para-hydroxylation sites is 1. The number of aromatic nitrogens is 1. The number of pyridine rings is 1. The van der Waals surface area contributed by atoms with Gasteiger partial charge in [0.2, 0.25) is 11.8 Å². The molecule has 2 fully saturated rings. The minimum absolute atomic E-state index is 0.161. The van der Waals surface area contributed by atoms with Gasteiger partial charge in [-0.25, -0.2) is 0 Å². The monoisotopic (exact) mass is 534 g/mol. The largest absolute Gasteiger partial charge is 0.508 e. The topological polar surface area (TPSA) is 100.0 Å². The van der Waals surface area contributed by atoms with Crippen LogP contribution in [0, 0.1) is 17.8 Å². The van der Waals surface area contributed by atoms with Crippen molar-refractivity contribution in [2.75, 3.05) is 4.90 Å². The third kappa shape index (κ3) is 4.89. The fraction of sp³-hybridized carbons (Fsp3) is 0.281. The minimum atomic E-state index is -1.02. The van der Waals surface area contributed by atoms with Crippen molar-refractivity contribution in [2.45, 2.75) is 38.6 Å². The molecule has 0 spiro atoms. The van der Waals surface area contributed by atoms with Gasteiger partial charge in [-0.3, -0.25) is 19.5 Å². The molecule has 0 radical (unpaired) electrons. The van der Waals surface area contributed by atoms with Gasteiger partial charge in [0.05, 0.1) is 29.3 Å². The summed E-state index contributed by atoms with van der Waals surface area (Å²) in [6.07, 6.45) is 5.44. The summed E-state index contributed by atoms with van der Waals surface area (Å²) in [7, 11) is -1.02. The summed E-state index contributed by atoms with van der Waals surface area (Å²) < 4.78 is 6.11. The summed E-state index contributed by atoms with van der Waals surface area (Å²) in [4.78, 5) is 33.1. The van der Waals surface area contributed by atoms with Gasteiger partial charge in [-0.1, -0.05) is 42.0 Å². The van der Waals surface area contributed by atoms with Crippen LogP contribution in [0.25, 0.3) is 11.6 Å². The lowest BCUT2D eigenvalue weighted by molar-refractivity contribution is -0.122. The van der Waals surface area contributed by atoms with E-state index in [1.54, 1.807) is 30.5 Å². The zero-order valence-electron chi connectivity index (χ0n) is 22.3. The first kappa shape index (κ1) is 26.2. The maximum atomic E-state index is 13.7. The molecule has 3 aromatic rings. The van der Waals surface area contributed by atoms with Gasteiger partial charge in [0.1, 0.15) is 5.75 Å². The Morgan fingerprint density at radius 2 is 1.77 bits per heavy atom. The highest BCUT2D eigenvalue weighted by Crippen LogP contribution is 2.51. The van der Waals surface area contributed by atoms with Gasteiger partial charge < -0.3 is 14.8 Å². The average Bonchev–Trinajstić information content (AvgIpc) is 3.21. The van der Waals surface area contributed by atoms with E-state index in [-0.39, 0.29) is 29.6 Å². The molecule has 2 saturated heterocycles. The number of carbonyl (C=O) groups is 2. The van der Waals surface area contributed by atoms with Crippen LogP contribution >= 0.6 is 0 Å². The van der Waals surface area contributed by atoms with Crippen LogP contribution in [0.2, 0.25) is 6.32 Å². The van der Waals surface area contributed by atoms with Crippen LogP contribution in [0.4, 0.5) is 5.69 Å². The first-order valence-electron chi connectivity index (χ1n) is 13.8. The molecule has 3 heterocycles. The Hall–Kier alpha value is -4.01. The third-order valence-corrected chi connectivity index (χ3v) is 8.37. The highest BCUT2D eigenvalue weighted by Gasteiger charge is 2.57. The van der Waals surface area contributed by atoms with Crippen LogP contribution in [0.5, 0.6) is 5.75 Å². The molecule has 2 aromatic carbocycles. The Morgan fingerprint density at radius 1 is 1.02 bits per heavy atom. The molecule has 3 aliphatic rings. The van der Waals surface area contributed by atoms with Crippen molar-refractivity contribution >= 4 is 36.3 Å². The van der Waals surface area contributed by atoms with Crippen LogP contribution in [0.3, 0.4) is 0 Å². The molecular formula is C32H31BN2O5. The Labute approximate surface area is 234 Å². The zero-order chi connectivity index (χ0) is 27.8. The zero-order valence-corrected chi connectivity index (χ0v) is 22.3. The average molecular weight is 534 g/mol. The van der Waals surface area contributed by atoms with Gasteiger partial charge in [-0.2, -0.15) is 0 Å². The maximum absolute atomic E-state index is 13.7. The number of hydrogen-bond acceptors (Lipinski definition) is 6. The van der Waals surface area contributed by atoms with Gasteiger partial charge >= 0.3 is 7.12 Å². The number of imide groups is 1. The highest BCUT2D eigenvalue weighted by molar-refractivity contribution is 6.43. The molecule has 4 atom stereocenters. The number of fused-ring (bicyclic) bond motifs is 3. The van der Waals surface area contributed by atoms with E-state index in [1.165, 1.54) is 4.90 Å². The predicted octanol–water partition coefficient (Wildman–Crippen LogP) is 5.13. The predicted molar refractivity (Wildman–Crippen MR) is 154 cm³/mol. The smallest absolute Gasteiger partial charge is 0.455 e. The lowest BCUT2D eigenvalue weighted by Gasteiger charge is -2.42. The Morgan fingerprint density at radius 3 is 2.50 bits per heavy atom. The number of allylic oxidation sites excluding steroid dienone is 2. The highest BCUT2D eigenvalue weighted by atomic mass is 16.5. The van der Waals surface area contributed by atoms with Crippen molar-refractivity contribution in [2.24, 2.45) is 17.8 Å². The van der Waals surface area contributed by atoms with E-state index in [1.807, 2.05) is 61.5 Å². The van der Waals surface area contributed by atoms with Gasteiger partial charge in [0.15, 0.2) is 0 Å². The number of aromatic hydroxyl groups is 1. The molecule has 7 nitrogen and oxygen atoms in total. The van der Waals surface area contributed by atoms with Crippen molar-refractivity contribution < 1.29 is 24.4 Å². The van der Waals surface area contributed by atoms with Crippen molar-refractivity contribution in [3.8, 4) is 5.75 Å². The fourth-order valence-electron chi connectivity index (χ4n) is 6.64. The van der Waals surface area contributed by atoms with Crippen molar-refractivity contribution in [3.63, 3.8) is 0 Å². The number of hydrogen-bond donors (Lipinski definition) is 2. The van der Waals surface area contributed by atoms with E-state index in [2.05, 4.69) is 4.98 Å². The van der Waals surface area contributed by atoms with Gasteiger partial charge in [0, 0.05) is 6.20 Å². The number of carbonyl (C=O) groups excluding carboxylic acids is 2. The molecular weight excluding hydrogens is 503 g/mol. The van der Waals surface area contributed by atoms with E-state index in [9.17, 15) is 19.7 Å². The molecule has 0 unspecified atom stereocenters. The summed E-state index contributed by atoms with van der Waals surface area (Å²) in [6, 6.07) is 21.9. The quantitative estimate of drug-likeness (QED) is 0.259. The second-order valence-electron chi connectivity index (χ2n) is 10.9. The van der Waals surface area contributed by atoms with Gasteiger partial charge in [0.25, 0.3) is 0 Å². The molecule has 2 aliphatic heterocycles. The van der Waals surface area contributed by atoms with Gasteiger partial charge in [-0.05, 0) is 97.6 Å². The van der Waals surface area contributed by atoms with E-state index in [0.29, 0.717) is 31.3 Å². The lowest BCUT2D eigenvalue weighted by atomic mass is 9.58. The number of phenolic OH excluding ortho intramolecular Hbond substituents is 1. The fourth-order valence-corrected chi connectivity index (χ4v) is 6.64. The summed E-state index contributed by atoms with van der Waals surface area (Å²) in [5.74, 6) is -1.33. The number of rotatable bonds is 6. The Bertz CT molecular complexity index is 1470. The van der Waals surface area contributed by atoms with Gasteiger partial charge in [-0.15, -0.1) is 0 Å². The van der Waals surface area contributed by atoms with Crippen molar-refractivity contribution in [1.29, 1.82) is 0 Å². The second kappa shape index (κ2) is 10.9. The van der Waals surface area contributed by atoms with Crippen LogP contribution in [0.1, 0.15) is 37.4 Å². The number of phenols is 1. The number of nitrogens with zero attached hydrogens (tertiary/aromatic N) is 2. The standard InChI is InChI=1S/C32H31BN2O5/c1-20-17-25-30(32(38)35(31(25)37)23-7-3-2-4-8-23)26-19-33(39)40-28(29(20)26)15-12-22(27-9-5-6-16-34-27)18-21-10-13-24(36)14-11-21/h2-11,13-14,16,18,25-26,28,30,36,39H,12,15,17,19H2,1H3/b22-18-/t25-,26+,28-,30-/m1/s1. The Balaban J connectivity index is 1.29. The molecule has 1 aromatic heterocycles. The van der Waals surface area contributed by atoms with E-state index in [0.717, 1.165) is 28.0 Å². The first-order valence-corrected chi connectivity index (χ1v) is 13.8. The van der Waals surface area contributed by atoms with E-state index < -0.39 is 19.0 Å². The first-order chi connectivity index (χ1) is 19.4. The van der Waals surface area contributed by atoms with E-state index >= 15 is 0 Å². The maximum Gasteiger partial charge on any atom is 0.455 e. The van der Waals surface area contributed by atoms with Crippen LogP contribution in [-0.2, 0) is 14.2 Å². The van der Waals surface area contributed by atoms with Crippen molar-refractivity contribution in [3.05, 3.63) is 101 Å². The van der Waals surface area contributed by atoms with Crippen LogP contribution in [0.15, 0.2) is 90.1 Å². The number of benzene rings is 2. The molecule has 40 heavy (non-hydrogen) atoms. The molecule has 1 aliphatic carbocycles. The number of anilines is 1. The minimum Gasteiger partial charge on any atom is -0.508 e. The third-order valence-electron chi connectivity index (χ3n) is 8.37. The molecule has 0 bridgehead atoms. The van der Waals surface area contributed by atoms with Crippen LogP contribution in [-0.4, -0.2) is 40.2 Å².